The van der Waals surface area contributed by atoms with Crippen LogP contribution < -0.4 is 18.9 Å². The van der Waals surface area contributed by atoms with Gasteiger partial charge in [0.1, 0.15) is 0 Å². The molecule has 2 heterocycles. The number of carbonyl (C=O) groups excluding carboxylic acids is 4. The Balaban J connectivity index is 0.00000200. The summed E-state index contributed by atoms with van der Waals surface area (Å²) in [5, 5.41) is 0. The Morgan fingerprint density at radius 2 is 0.950 bits per heavy atom. The molecule has 0 amide bonds. The van der Waals surface area contributed by atoms with Crippen LogP contribution in [-0.2, 0) is 37.8 Å². The van der Waals surface area contributed by atoms with Crippen molar-refractivity contribution in [1.82, 2.24) is 0 Å². The van der Waals surface area contributed by atoms with Gasteiger partial charge in [0.25, 0.3) is 11.3 Å². The van der Waals surface area contributed by atoms with E-state index in [1.165, 1.54) is 0 Å². The van der Waals surface area contributed by atoms with Crippen LogP contribution in [0.3, 0.4) is 0 Å². The number of halogens is 2. The molecule has 8 nitrogen and oxygen atoms in total. The van der Waals surface area contributed by atoms with E-state index in [1.54, 1.807) is 0 Å². The Bertz CT molecular complexity index is 429. The number of rotatable bonds is 0. The molecule has 0 unspecified atom stereocenters. The van der Waals surface area contributed by atoms with Gasteiger partial charge in [-0.15, -0.1) is 0 Å². The van der Waals surface area contributed by atoms with E-state index in [0.29, 0.717) is 13.8 Å². The third-order valence-corrected chi connectivity index (χ3v) is 2.54. The predicted octanol–water partition coefficient (Wildman–Crippen LogP) is -3.92. The first-order valence-corrected chi connectivity index (χ1v) is 4.95. The Labute approximate surface area is 122 Å². The second kappa shape index (κ2) is 4.46. The average molecular weight is 286 g/mol. The average Bonchev–Trinajstić information content (AvgIpc) is 2.24. The van der Waals surface area contributed by atoms with Gasteiger partial charge >= 0.3 is 49.7 Å². The summed E-state index contributed by atoms with van der Waals surface area (Å²) in [5.41, 5.74) is -6.30. The van der Waals surface area contributed by atoms with Crippen molar-refractivity contribution in [2.24, 2.45) is 0 Å². The molecule has 2 aliphatic rings. The monoisotopic (exact) mass is 286 g/mol. The maximum atomic E-state index is 13.4. The summed E-state index contributed by atoms with van der Waals surface area (Å²) < 4.78 is 43.6. The summed E-state index contributed by atoms with van der Waals surface area (Å²) in [6, 6.07) is 0. The van der Waals surface area contributed by atoms with E-state index in [0.717, 1.165) is 0 Å². The molecule has 0 aromatic heterocycles. The summed E-state index contributed by atoms with van der Waals surface area (Å²) in [4.78, 5) is 44.9. The zero-order chi connectivity index (χ0) is 14.6. The van der Waals surface area contributed by atoms with Crippen molar-refractivity contribution in [1.29, 1.82) is 0 Å². The van der Waals surface area contributed by atoms with Crippen LogP contribution in [0.25, 0.3) is 0 Å². The molecular formula is C8H6BF2LiO8. The molecule has 0 atom stereocenters. The van der Waals surface area contributed by atoms with Crippen molar-refractivity contribution < 1.29 is 65.4 Å². The molecule has 2 saturated heterocycles. The Morgan fingerprint density at radius 3 is 1.15 bits per heavy atom. The van der Waals surface area contributed by atoms with Crippen molar-refractivity contribution in [3.8, 4) is 0 Å². The van der Waals surface area contributed by atoms with E-state index in [-0.39, 0.29) is 18.9 Å². The molecule has 12 heteroatoms. The minimum atomic E-state index is -3.97. The number of hydrogen-bond acceptors (Lipinski definition) is 8. The molecule has 0 saturated carbocycles. The number of alkyl halides is 2. The first-order valence-electron chi connectivity index (χ1n) is 4.95. The summed E-state index contributed by atoms with van der Waals surface area (Å²) >= 11 is 0. The summed E-state index contributed by atoms with van der Waals surface area (Å²) in [5.74, 6) is -7.14. The fourth-order valence-corrected chi connectivity index (χ4v) is 1.28. The van der Waals surface area contributed by atoms with E-state index < -0.39 is 42.2 Å². The van der Waals surface area contributed by atoms with E-state index >= 15 is 0 Å². The van der Waals surface area contributed by atoms with E-state index in [4.69, 9.17) is 0 Å². The Morgan fingerprint density at radius 1 is 0.750 bits per heavy atom. The zero-order valence-corrected chi connectivity index (χ0v) is 10.6. The third-order valence-electron chi connectivity index (χ3n) is 2.54. The van der Waals surface area contributed by atoms with Gasteiger partial charge < -0.3 is 18.6 Å². The fraction of sp³-hybridized carbons (Fsp3) is 0.500. The molecule has 2 fully saturated rings. The zero-order valence-electron chi connectivity index (χ0n) is 10.6. The molecular weight excluding hydrogens is 280 g/mol. The van der Waals surface area contributed by atoms with Crippen molar-refractivity contribution in [3.05, 3.63) is 0 Å². The minimum absolute atomic E-state index is 0. The summed E-state index contributed by atoms with van der Waals surface area (Å²) in [7, 11) is 0. The molecule has 20 heavy (non-hydrogen) atoms. The molecule has 0 aliphatic carbocycles. The van der Waals surface area contributed by atoms with Crippen LogP contribution in [0.5, 0.6) is 0 Å². The second-order valence-corrected chi connectivity index (χ2v) is 4.20. The molecule has 0 N–H and O–H groups in total. The van der Waals surface area contributed by atoms with Gasteiger partial charge in [-0.1, -0.05) is 0 Å². The van der Waals surface area contributed by atoms with Gasteiger partial charge in [-0.25, -0.2) is 8.78 Å². The fourth-order valence-electron chi connectivity index (χ4n) is 1.28. The molecule has 2 aliphatic heterocycles. The third kappa shape index (κ3) is 2.16. The number of carbonyl (C=O) groups is 4. The first-order chi connectivity index (χ1) is 8.51. The topological polar surface area (TPSA) is 105 Å². The van der Waals surface area contributed by atoms with Crippen LogP contribution in [0.15, 0.2) is 0 Å². The molecule has 0 aromatic carbocycles. The Hall–Kier alpha value is -1.60. The van der Waals surface area contributed by atoms with Crippen LogP contribution in [0.4, 0.5) is 8.78 Å². The molecule has 0 bridgehead atoms. The predicted molar refractivity (Wildman–Crippen MR) is 49.1 cm³/mol. The van der Waals surface area contributed by atoms with Gasteiger partial charge in [0.15, 0.2) is 0 Å². The molecule has 0 aromatic rings. The van der Waals surface area contributed by atoms with Crippen molar-refractivity contribution in [3.63, 3.8) is 0 Å². The van der Waals surface area contributed by atoms with Crippen LogP contribution in [0, 0.1) is 0 Å². The van der Waals surface area contributed by atoms with Gasteiger partial charge in [-0.3, -0.25) is 19.2 Å². The minimum Gasteiger partial charge on any atom is -0.582 e. The van der Waals surface area contributed by atoms with Crippen molar-refractivity contribution in [2.75, 3.05) is 0 Å². The van der Waals surface area contributed by atoms with Gasteiger partial charge in [0.2, 0.25) is 0 Å². The van der Waals surface area contributed by atoms with Crippen LogP contribution in [-0.4, -0.2) is 42.2 Å². The normalized spacial score (nSPS) is 40.2. The first kappa shape index (κ1) is 16.5. The molecule has 1 spiro atoms. The maximum absolute atomic E-state index is 13.4. The number of hydrogen-bond donors (Lipinski definition) is 0. The quantitative estimate of drug-likeness (QED) is 0.328. The molecule has 0 radical (unpaired) electrons. The van der Waals surface area contributed by atoms with Crippen molar-refractivity contribution >= 4 is 30.8 Å². The molecule has 104 valence electrons. The van der Waals surface area contributed by atoms with E-state index in [1.807, 2.05) is 0 Å². The van der Waals surface area contributed by atoms with Crippen LogP contribution >= 0.6 is 0 Å². The summed E-state index contributed by atoms with van der Waals surface area (Å²) in [6.07, 6.45) is 0. The second-order valence-electron chi connectivity index (χ2n) is 4.20. The standard InChI is InChI=1S/C8H6BF2O8.Li/c1-7(10)3(12)16-9(17-4(7)13)18-5(14)8(2,11)6(15)19-9;/h1-2H3;/q-1;+1. The Kier molecular flexibility index (Phi) is 3.67. The van der Waals surface area contributed by atoms with E-state index in [9.17, 15) is 28.0 Å². The maximum Gasteiger partial charge on any atom is 1.00 e. The van der Waals surface area contributed by atoms with Crippen molar-refractivity contribution in [2.45, 2.75) is 25.2 Å². The summed E-state index contributed by atoms with van der Waals surface area (Å²) in [6.45, 7) is -2.90. The van der Waals surface area contributed by atoms with Gasteiger partial charge in [-0.05, 0) is 13.8 Å². The SMILES string of the molecule is CC1(F)C(=O)O[B-]2(OC1=O)OC(=O)C(C)(F)C(=O)O2.[Li+]. The smallest absolute Gasteiger partial charge is 0.582 e. The van der Waals surface area contributed by atoms with Crippen LogP contribution in [0.2, 0.25) is 0 Å². The van der Waals surface area contributed by atoms with Gasteiger partial charge in [0, 0.05) is 0 Å². The van der Waals surface area contributed by atoms with E-state index in [2.05, 4.69) is 18.6 Å². The molecule has 2 rings (SSSR count). The van der Waals surface area contributed by atoms with Gasteiger partial charge in [0.05, 0.1) is 0 Å². The van der Waals surface area contributed by atoms with Gasteiger partial charge in [-0.2, -0.15) is 0 Å². The van der Waals surface area contributed by atoms with Crippen LogP contribution in [0.1, 0.15) is 13.8 Å². The largest absolute Gasteiger partial charge is 1.00 e.